The first-order valence-electron chi connectivity index (χ1n) is 11.1. The molecule has 1 aliphatic carbocycles. The van der Waals surface area contributed by atoms with Crippen LogP contribution in [0.3, 0.4) is 0 Å². The van der Waals surface area contributed by atoms with Gasteiger partial charge in [0.25, 0.3) is 5.91 Å². The summed E-state index contributed by atoms with van der Waals surface area (Å²) in [7, 11) is 4.25. The zero-order chi connectivity index (χ0) is 23.3. The minimum absolute atomic E-state index is 0. The van der Waals surface area contributed by atoms with E-state index in [1.165, 1.54) is 17.8 Å². The molecule has 1 atom stereocenters. The van der Waals surface area contributed by atoms with Crippen LogP contribution < -0.4 is 11.1 Å². The fraction of sp³-hybridized carbons (Fsp3) is 0.500. The molecular formula is C22H31Cl2N9OS. The van der Waals surface area contributed by atoms with Crippen LogP contribution in [0.5, 0.6) is 0 Å². The Balaban J connectivity index is 0.00000171. The van der Waals surface area contributed by atoms with Gasteiger partial charge in [0.15, 0.2) is 10.8 Å². The standard InChI is InChI=1S/C22H29N9OS.2ClH/c1-22(2)7-12-8-24-20(23)26-16(12)17-15(22)18(29-28-17)19(32)27-21-25-13(11-33-21)9-31-6-5-14(10-31)30(3)4;;/h8,11,14H,5-7,9-10H2,1-4H3,(H,28,29)(H2,23,24,26)(H,25,27,32);2*1H/t14-;;/m1../s1. The van der Waals surface area contributed by atoms with Gasteiger partial charge in [-0.05, 0) is 37.9 Å². The van der Waals surface area contributed by atoms with Gasteiger partial charge in [-0.3, -0.25) is 20.1 Å². The number of rotatable bonds is 5. The van der Waals surface area contributed by atoms with Gasteiger partial charge >= 0.3 is 0 Å². The molecule has 1 aliphatic heterocycles. The van der Waals surface area contributed by atoms with Crippen molar-refractivity contribution in [1.29, 1.82) is 0 Å². The minimum Gasteiger partial charge on any atom is -0.368 e. The van der Waals surface area contributed by atoms with Crippen molar-refractivity contribution in [2.75, 3.05) is 38.2 Å². The van der Waals surface area contributed by atoms with Crippen molar-refractivity contribution in [1.82, 2.24) is 34.9 Å². The SMILES string of the molecule is CN(C)[C@@H]1CCN(Cc2csc(NC(=O)c3n[nH]c4c3C(C)(C)Cc3cnc(N)nc3-4)n2)C1.Cl.Cl. The average molecular weight is 541 g/mol. The summed E-state index contributed by atoms with van der Waals surface area (Å²) in [5, 5.41) is 12.9. The van der Waals surface area contributed by atoms with Crippen LogP contribution in [-0.4, -0.2) is 74.1 Å². The van der Waals surface area contributed by atoms with Gasteiger partial charge in [0, 0.05) is 42.8 Å². The van der Waals surface area contributed by atoms with Crippen LogP contribution in [0.25, 0.3) is 11.4 Å². The van der Waals surface area contributed by atoms with E-state index in [4.69, 9.17) is 5.73 Å². The lowest BCUT2D eigenvalue weighted by molar-refractivity contribution is 0.102. The number of amides is 1. The number of H-pyrrole nitrogens is 1. The van der Waals surface area contributed by atoms with Crippen LogP contribution in [0.2, 0.25) is 0 Å². The van der Waals surface area contributed by atoms with Crippen molar-refractivity contribution in [3.05, 3.63) is 34.1 Å². The lowest BCUT2D eigenvalue weighted by Gasteiger charge is -2.31. The quantitative estimate of drug-likeness (QED) is 0.451. The highest BCUT2D eigenvalue weighted by molar-refractivity contribution is 7.14. The lowest BCUT2D eigenvalue weighted by atomic mass is 9.73. The van der Waals surface area contributed by atoms with Crippen molar-refractivity contribution >= 4 is 53.1 Å². The Morgan fingerprint density at radius 3 is 2.83 bits per heavy atom. The Bertz CT molecular complexity index is 1210. The molecule has 4 N–H and O–H groups in total. The number of nitrogens with zero attached hydrogens (tertiary/aromatic N) is 6. The van der Waals surface area contributed by atoms with E-state index in [9.17, 15) is 4.79 Å². The Morgan fingerprint density at radius 2 is 2.11 bits per heavy atom. The molecule has 3 aromatic rings. The van der Waals surface area contributed by atoms with Crippen LogP contribution in [0.15, 0.2) is 11.6 Å². The first kappa shape index (κ1) is 27.3. The number of nitrogens with two attached hydrogens (primary N) is 1. The van der Waals surface area contributed by atoms with Crippen molar-refractivity contribution < 1.29 is 4.79 Å². The third-order valence-corrected chi connectivity index (χ3v) is 7.35. The molecule has 0 aromatic carbocycles. The molecule has 5 rings (SSSR count). The number of hydrogen-bond acceptors (Lipinski definition) is 9. The normalized spacial score (nSPS) is 18.4. The van der Waals surface area contributed by atoms with Gasteiger partial charge < -0.3 is 10.6 Å². The fourth-order valence-electron chi connectivity index (χ4n) is 4.87. The number of carbonyl (C=O) groups is 1. The minimum atomic E-state index is -0.311. The van der Waals surface area contributed by atoms with E-state index in [1.807, 2.05) is 5.38 Å². The second kappa shape index (κ2) is 10.4. The number of nitrogen functional groups attached to an aromatic ring is 1. The number of aromatic nitrogens is 5. The molecular weight excluding hydrogens is 509 g/mol. The Hall–Kier alpha value is -2.31. The highest BCUT2D eigenvalue weighted by Crippen LogP contribution is 2.42. The van der Waals surface area contributed by atoms with Crippen molar-refractivity contribution in [3.8, 4) is 11.4 Å². The van der Waals surface area contributed by atoms with Gasteiger partial charge in [-0.1, -0.05) is 13.8 Å². The first-order valence-corrected chi connectivity index (χ1v) is 11.9. The van der Waals surface area contributed by atoms with Gasteiger partial charge in [0.1, 0.15) is 0 Å². The summed E-state index contributed by atoms with van der Waals surface area (Å²) in [6, 6.07) is 0.586. The lowest BCUT2D eigenvalue weighted by Crippen LogP contribution is -2.31. The molecule has 0 saturated carbocycles. The van der Waals surface area contributed by atoms with Gasteiger partial charge in [0.05, 0.1) is 17.1 Å². The largest absolute Gasteiger partial charge is 0.368 e. The highest BCUT2D eigenvalue weighted by atomic mass is 35.5. The molecule has 1 amide bonds. The number of hydrogen-bond donors (Lipinski definition) is 3. The maximum atomic E-state index is 13.2. The Morgan fingerprint density at radius 1 is 1.34 bits per heavy atom. The maximum absolute atomic E-state index is 13.2. The zero-order valence-electron chi connectivity index (χ0n) is 20.2. The van der Waals surface area contributed by atoms with Crippen molar-refractivity contribution in [2.24, 2.45) is 0 Å². The van der Waals surface area contributed by atoms with Crippen molar-refractivity contribution in [2.45, 2.75) is 44.7 Å². The van der Waals surface area contributed by atoms with E-state index in [0.29, 0.717) is 29.0 Å². The summed E-state index contributed by atoms with van der Waals surface area (Å²) in [6.07, 6.45) is 3.61. The summed E-state index contributed by atoms with van der Waals surface area (Å²) >= 11 is 1.44. The molecule has 1 saturated heterocycles. The summed E-state index contributed by atoms with van der Waals surface area (Å²) in [5.41, 5.74) is 10.1. The Labute approximate surface area is 220 Å². The number of thiazole rings is 1. The molecule has 0 spiro atoms. The summed E-state index contributed by atoms with van der Waals surface area (Å²) < 4.78 is 0. The van der Waals surface area contributed by atoms with Crippen LogP contribution in [0.1, 0.15) is 47.6 Å². The van der Waals surface area contributed by atoms with E-state index in [2.05, 4.69) is 68.2 Å². The van der Waals surface area contributed by atoms with E-state index >= 15 is 0 Å². The number of likely N-dealkylation sites (N-methyl/N-ethyl adjacent to an activating group) is 1. The fourth-order valence-corrected chi connectivity index (χ4v) is 5.56. The molecule has 190 valence electrons. The third kappa shape index (κ3) is 5.29. The molecule has 35 heavy (non-hydrogen) atoms. The molecule has 13 heteroatoms. The summed E-state index contributed by atoms with van der Waals surface area (Å²) in [4.78, 5) is 31.0. The van der Waals surface area contributed by atoms with Gasteiger partial charge in [-0.2, -0.15) is 5.10 Å². The second-order valence-electron chi connectivity index (χ2n) is 9.72. The van der Waals surface area contributed by atoms with E-state index in [1.54, 1.807) is 6.20 Å². The predicted molar refractivity (Wildman–Crippen MR) is 143 cm³/mol. The number of carbonyl (C=O) groups excluding carboxylic acids is 1. The molecule has 3 aromatic heterocycles. The van der Waals surface area contributed by atoms with Gasteiger partial charge in [-0.15, -0.1) is 36.2 Å². The third-order valence-electron chi connectivity index (χ3n) is 6.55. The summed E-state index contributed by atoms with van der Waals surface area (Å²) in [5.74, 6) is -0.0778. The molecule has 0 unspecified atom stereocenters. The molecule has 2 aliphatic rings. The van der Waals surface area contributed by atoms with E-state index in [0.717, 1.165) is 42.1 Å². The Kier molecular flexibility index (Phi) is 8.07. The molecule has 1 fully saturated rings. The molecule has 10 nitrogen and oxygen atoms in total. The smallest absolute Gasteiger partial charge is 0.278 e. The molecule has 0 bridgehead atoms. The number of fused-ring (bicyclic) bond motifs is 3. The molecule has 0 radical (unpaired) electrons. The number of nitrogens with one attached hydrogen (secondary N) is 2. The van der Waals surface area contributed by atoms with Gasteiger partial charge in [0.2, 0.25) is 5.95 Å². The van der Waals surface area contributed by atoms with Gasteiger partial charge in [-0.25, -0.2) is 15.0 Å². The molecule has 4 heterocycles. The first-order chi connectivity index (χ1) is 15.7. The number of anilines is 2. The monoisotopic (exact) mass is 539 g/mol. The predicted octanol–water partition coefficient (Wildman–Crippen LogP) is 2.97. The number of likely N-dealkylation sites (tertiary alicyclic amines) is 1. The average Bonchev–Trinajstić information content (AvgIpc) is 3.49. The van der Waals surface area contributed by atoms with Crippen LogP contribution in [0, 0.1) is 0 Å². The number of aromatic amines is 1. The zero-order valence-corrected chi connectivity index (χ0v) is 22.6. The van der Waals surface area contributed by atoms with Crippen LogP contribution in [-0.2, 0) is 18.4 Å². The van der Waals surface area contributed by atoms with E-state index < -0.39 is 0 Å². The topological polar surface area (TPSA) is 129 Å². The van der Waals surface area contributed by atoms with Crippen molar-refractivity contribution in [3.63, 3.8) is 0 Å². The highest BCUT2D eigenvalue weighted by Gasteiger charge is 2.38. The van der Waals surface area contributed by atoms with E-state index in [-0.39, 0.29) is 42.1 Å². The van der Waals surface area contributed by atoms with Crippen LogP contribution in [0.4, 0.5) is 11.1 Å². The number of halogens is 2. The second-order valence-corrected chi connectivity index (χ2v) is 10.6. The van der Waals surface area contributed by atoms with Crippen LogP contribution >= 0.6 is 36.2 Å². The maximum Gasteiger partial charge on any atom is 0.278 e. The summed E-state index contributed by atoms with van der Waals surface area (Å²) in [6.45, 7) is 7.08.